The molecule has 1 aliphatic rings. The molecule has 146 valence electrons. The molecule has 1 saturated heterocycles. The zero-order valence-corrected chi connectivity index (χ0v) is 17.2. The minimum atomic E-state index is -3.72. The summed E-state index contributed by atoms with van der Waals surface area (Å²) in [6.45, 7) is 2.24. The molecule has 0 radical (unpaired) electrons. The van der Waals surface area contributed by atoms with Crippen LogP contribution in [0.4, 0.5) is 5.00 Å². The fourth-order valence-corrected chi connectivity index (χ4v) is 6.51. The summed E-state index contributed by atoms with van der Waals surface area (Å²) in [5, 5.41) is 6.48. The molecule has 0 saturated carbocycles. The first-order valence-electron chi connectivity index (χ1n) is 8.56. The van der Waals surface area contributed by atoms with E-state index in [9.17, 15) is 18.0 Å². The topological polar surface area (TPSA) is 92.8 Å². The summed E-state index contributed by atoms with van der Waals surface area (Å²) in [6, 6.07) is 4.00. The second-order valence-corrected chi connectivity index (χ2v) is 9.91. The van der Waals surface area contributed by atoms with Crippen molar-refractivity contribution in [2.45, 2.75) is 36.4 Å². The highest BCUT2D eigenvalue weighted by Gasteiger charge is 2.38. The second kappa shape index (κ2) is 8.51. The Bertz CT molecular complexity index is 905. The minimum absolute atomic E-state index is 0.227. The molecule has 27 heavy (non-hydrogen) atoms. The van der Waals surface area contributed by atoms with Crippen molar-refractivity contribution < 1.29 is 22.7 Å². The van der Waals surface area contributed by atoms with Crippen LogP contribution in [0.1, 0.15) is 36.5 Å². The van der Waals surface area contributed by atoms with Crippen LogP contribution in [0.15, 0.2) is 33.2 Å². The molecule has 3 rings (SSSR count). The third kappa shape index (κ3) is 4.23. The van der Waals surface area contributed by atoms with E-state index in [-0.39, 0.29) is 16.4 Å². The molecule has 0 aliphatic carbocycles. The average Bonchev–Trinajstić information content (AvgIpc) is 3.34. The third-order valence-electron chi connectivity index (χ3n) is 4.21. The smallest absolute Gasteiger partial charge is 0.341 e. The maximum atomic E-state index is 12.9. The van der Waals surface area contributed by atoms with E-state index in [1.54, 1.807) is 35.9 Å². The summed E-state index contributed by atoms with van der Waals surface area (Å²) < 4.78 is 32.3. The first-order valence-corrected chi connectivity index (χ1v) is 11.8. The Morgan fingerprint density at radius 3 is 2.78 bits per heavy atom. The summed E-state index contributed by atoms with van der Waals surface area (Å²) >= 11 is 2.34. The van der Waals surface area contributed by atoms with Gasteiger partial charge in [0.15, 0.2) is 0 Å². The lowest BCUT2D eigenvalue weighted by atomic mass is 10.0. The molecule has 0 spiro atoms. The van der Waals surface area contributed by atoms with Crippen LogP contribution in [0.5, 0.6) is 0 Å². The molecular formula is C17H20N2O5S3. The molecule has 1 atom stereocenters. The number of thiophene rings is 2. The molecule has 10 heteroatoms. The number of rotatable bonds is 6. The first kappa shape index (κ1) is 20.0. The van der Waals surface area contributed by atoms with Crippen LogP contribution < -0.4 is 5.32 Å². The van der Waals surface area contributed by atoms with Crippen LogP contribution in [0, 0.1) is 0 Å². The summed E-state index contributed by atoms with van der Waals surface area (Å²) in [6.07, 6.45) is 1.92. The van der Waals surface area contributed by atoms with Gasteiger partial charge < -0.3 is 10.1 Å². The van der Waals surface area contributed by atoms with Gasteiger partial charge in [-0.15, -0.1) is 22.7 Å². The van der Waals surface area contributed by atoms with Crippen molar-refractivity contribution in [2.24, 2.45) is 0 Å². The quantitative estimate of drug-likeness (QED) is 0.714. The van der Waals surface area contributed by atoms with Crippen LogP contribution in [-0.2, 0) is 19.6 Å². The Morgan fingerprint density at radius 1 is 1.26 bits per heavy atom. The van der Waals surface area contributed by atoms with Gasteiger partial charge in [-0.2, -0.15) is 4.31 Å². The Balaban J connectivity index is 1.81. The van der Waals surface area contributed by atoms with E-state index < -0.39 is 27.9 Å². The van der Waals surface area contributed by atoms with Crippen molar-refractivity contribution in [1.82, 2.24) is 4.31 Å². The van der Waals surface area contributed by atoms with E-state index in [4.69, 9.17) is 4.74 Å². The van der Waals surface area contributed by atoms with Gasteiger partial charge >= 0.3 is 5.97 Å². The van der Waals surface area contributed by atoms with Crippen LogP contribution in [0.3, 0.4) is 0 Å². The number of carbonyl (C=O) groups excluding carboxylic acids is 2. The van der Waals surface area contributed by atoms with E-state index in [1.165, 1.54) is 15.6 Å². The number of hydrogen-bond donors (Lipinski definition) is 1. The van der Waals surface area contributed by atoms with E-state index in [1.807, 2.05) is 0 Å². The fourth-order valence-electron chi connectivity index (χ4n) is 2.95. The standard InChI is InChI=1S/C17H20N2O5S3/c1-2-24-17(21)12-8-11-26-16(12)18-15(20)13-6-3-4-9-19(13)27(22,23)14-7-5-10-25-14/h5,7-8,10-11,13H,2-4,6,9H2,1H3,(H,18,20). The van der Waals surface area contributed by atoms with Gasteiger partial charge in [0.1, 0.15) is 15.3 Å². The molecule has 1 amide bonds. The van der Waals surface area contributed by atoms with E-state index in [2.05, 4.69) is 5.32 Å². The number of sulfonamides is 1. The van der Waals surface area contributed by atoms with Gasteiger partial charge in [0.25, 0.3) is 10.0 Å². The summed E-state index contributed by atoms with van der Waals surface area (Å²) in [7, 11) is -3.72. The lowest BCUT2D eigenvalue weighted by Crippen LogP contribution is -2.49. The number of carbonyl (C=O) groups is 2. The molecule has 1 unspecified atom stereocenters. The number of hydrogen-bond acceptors (Lipinski definition) is 7. The zero-order valence-electron chi connectivity index (χ0n) is 14.7. The van der Waals surface area contributed by atoms with Crippen LogP contribution >= 0.6 is 22.7 Å². The second-order valence-electron chi connectivity index (χ2n) is 5.93. The Hall–Kier alpha value is -1.75. The lowest BCUT2D eigenvalue weighted by molar-refractivity contribution is -0.120. The van der Waals surface area contributed by atoms with Gasteiger partial charge in [0.2, 0.25) is 5.91 Å². The zero-order chi connectivity index (χ0) is 19.4. The number of nitrogens with zero attached hydrogens (tertiary/aromatic N) is 1. The molecule has 7 nitrogen and oxygen atoms in total. The van der Waals surface area contributed by atoms with Crippen molar-refractivity contribution in [3.05, 3.63) is 34.5 Å². The molecule has 2 aromatic heterocycles. The first-order chi connectivity index (χ1) is 12.9. The highest BCUT2D eigenvalue weighted by atomic mass is 32.2. The van der Waals surface area contributed by atoms with E-state index in [0.717, 1.165) is 17.8 Å². The fraction of sp³-hybridized carbons (Fsp3) is 0.412. The molecule has 1 aliphatic heterocycles. The molecule has 0 bridgehead atoms. The van der Waals surface area contributed by atoms with Gasteiger partial charge in [-0.05, 0) is 42.7 Å². The van der Waals surface area contributed by atoms with Gasteiger partial charge in [-0.3, -0.25) is 4.79 Å². The van der Waals surface area contributed by atoms with Crippen LogP contribution in [0.25, 0.3) is 0 Å². The van der Waals surface area contributed by atoms with E-state index >= 15 is 0 Å². The Kier molecular flexibility index (Phi) is 6.30. The van der Waals surface area contributed by atoms with Crippen molar-refractivity contribution in [3.63, 3.8) is 0 Å². The maximum Gasteiger partial charge on any atom is 0.341 e. The van der Waals surface area contributed by atoms with Crippen LogP contribution in [0.2, 0.25) is 0 Å². The number of ether oxygens (including phenoxy) is 1. The Labute approximate surface area is 166 Å². The Morgan fingerprint density at radius 2 is 2.07 bits per heavy atom. The number of nitrogens with one attached hydrogen (secondary N) is 1. The molecule has 1 fully saturated rings. The predicted octanol–water partition coefficient (Wildman–Crippen LogP) is 3.17. The van der Waals surface area contributed by atoms with Gasteiger partial charge in [-0.1, -0.05) is 12.5 Å². The summed E-state index contributed by atoms with van der Waals surface area (Å²) in [4.78, 5) is 24.9. The minimum Gasteiger partial charge on any atom is -0.462 e. The highest BCUT2D eigenvalue weighted by molar-refractivity contribution is 7.91. The van der Waals surface area contributed by atoms with E-state index in [0.29, 0.717) is 24.4 Å². The SMILES string of the molecule is CCOC(=O)c1ccsc1NC(=O)C1CCCCN1S(=O)(=O)c1cccs1. The lowest BCUT2D eigenvalue weighted by Gasteiger charge is -2.33. The number of piperidine rings is 1. The van der Waals surface area contributed by atoms with Crippen molar-refractivity contribution in [1.29, 1.82) is 0 Å². The maximum absolute atomic E-state index is 12.9. The van der Waals surface area contributed by atoms with Gasteiger partial charge in [-0.25, -0.2) is 13.2 Å². The number of anilines is 1. The van der Waals surface area contributed by atoms with Crippen molar-refractivity contribution in [2.75, 3.05) is 18.5 Å². The van der Waals surface area contributed by atoms with Crippen LogP contribution in [-0.4, -0.2) is 43.8 Å². The summed E-state index contributed by atoms with van der Waals surface area (Å²) in [5.74, 6) is -0.941. The van der Waals surface area contributed by atoms with Gasteiger partial charge in [0.05, 0.1) is 12.2 Å². The average molecular weight is 429 g/mol. The predicted molar refractivity (Wildman–Crippen MR) is 105 cm³/mol. The molecule has 1 N–H and O–H groups in total. The summed E-state index contributed by atoms with van der Waals surface area (Å²) in [5.41, 5.74) is 0.277. The molecular weight excluding hydrogens is 408 g/mol. The third-order valence-corrected chi connectivity index (χ3v) is 8.32. The van der Waals surface area contributed by atoms with Crippen molar-refractivity contribution >= 4 is 49.6 Å². The largest absolute Gasteiger partial charge is 0.462 e. The number of esters is 1. The molecule has 3 heterocycles. The monoisotopic (exact) mass is 428 g/mol. The van der Waals surface area contributed by atoms with Gasteiger partial charge in [0, 0.05) is 6.54 Å². The molecule has 2 aromatic rings. The number of amides is 1. The van der Waals surface area contributed by atoms with Crippen molar-refractivity contribution in [3.8, 4) is 0 Å². The molecule has 0 aromatic carbocycles. The highest BCUT2D eigenvalue weighted by Crippen LogP contribution is 2.30. The normalized spacial score (nSPS) is 18.2.